The van der Waals surface area contributed by atoms with Crippen molar-refractivity contribution in [1.82, 2.24) is 0 Å². The van der Waals surface area contributed by atoms with Crippen molar-refractivity contribution in [1.29, 1.82) is 0 Å². The maximum absolute atomic E-state index is 12.3. The van der Waals surface area contributed by atoms with Crippen LogP contribution in [0.25, 0.3) is 0 Å². The molecule has 0 amide bonds. The summed E-state index contributed by atoms with van der Waals surface area (Å²) in [6, 6.07) is 4.14. The molecule has 90 valence electrons. The van der Waals surface area contributed by atoms with E-state index in [0.717, 1.165) is 12.1 Å². The Kier molecular flexibility index (Phi) is 3.93. The number of halogens is 3. The van der Waals surface area contributed by atoms with Crippen molar-refractivity contribution < 1.29 is 13.2 Å². The van der Waals surface area contributed by atoms with Gasteiger partial charge in [-0.25, -0.2) is 0 Å². The molecule has 2 atom stereocenters. The molecule has 5 heteroatoms. The number of nitrogens with two attached hydrogens (primary N) is 2. The first-order valence-electron chi connectivity index (χ1n) is 5.04. The van der Waals surface area contributed by atoms with Gasteiger partial charge in [0.1, 0.15) is 0 Å². The fourth-order valence-corrected chi connectivity index (χ4v) is 1.40. The van der Waals surface area contributed by atoms with E-state index in [2.05, 4.69) is 0 Å². The largest absolute Gasteiger partial charge is 0.416 e. The molecule has 0 aromatic heterocycles. The third kappa shape index (κ3) is 2.96. The van der Waals surface area contributed by atoms with E-state index < -0.39 is 17.8 Å². The molecule has 2 nitrogen and oxygen atoms in total. The topological polar surface area (TPSA) is 52.0 Å². The van der Waals surface area contributed by atoms with E-state index in [1.807, 2.05) is 6.92 Å². The fourth-order valence-electron chi connectivity index (χ4n) is 1.40. The van der Waals surface area contributed by atoms with Crippen molar-refractivity contribution in [3.05, 3.63) is 35.4 Å². The fraction of sp³-hybridized carbons (Fsp3) is 0.455. The van der Waals surface area contributed by atoms with Crippen LogP contribution in [0.5, 0.6) is 0 Å². The number of hydrogen-bond donors (Lipinski definition) is 2. The SMILES string of the molecule is CCC(N)C(N)c1ccc(C(F)(F)F)cc1. The molecule has 0 spiro atoms. The summed E-state index contributed by atoms with van der Waals surface area (Å²) >= 11 is 0. The molecule has 0 aliphatic heterocycles. The van der Waals surface area contributed by atoms with Crippen LogP contribution < -0.4 is 11.5 Å². The monoisotopic (exact) mass is 232 g/mol. The normalized spacial score (nSPS) is 15.9. The third-order valence-electron chi connectivity index (χ3n) is 2.56. The summed E-state index contributed by atoms with van der Waals surface area (Å²) in [5, 5.41) is 0. The van der Waals surface area contributed by atoms with Gasteiger partial charge >= 0.3 is 6.18 Å². The lowest BCUT2D eigenvalue weighted by Gasteiger charge is -2.19. The molecule has 1 aromatic carbocycles. The highest BCUT2D eigenvalue weighted by Gasteiger charge is 2.30. The Morgan fingerprint density at radius 2 is 1.62 bits per heavy atom. The van der Waals surface area contributed by atoms with E-state index in [-0.39, 0.29) is 6.04 Å². The average molecular weight is 232 g/mol. The van der Waals surface area contributed by atoms with Crippen LogP contribution in [0.15, 0.2) is 24.3 Å². The zero-order valence-corrected chi connectivity index (χ0v) is 8.96. The van der Waals surface area contributed by atoms with E-state index in [4.69, 9.17) is 11.5 Å². The number of hydrogen-bond acceptors (Lipinski definition) is 2. The van der Waals surface area contributed by atoms with Gasteiger partial charge in [-0.05, 0) is 24.1 Å². The second-order valence-electron chi connectivity index (χ2n) is 3.72. The van der Waals surface area contributed by atoms with Crippen molar-refractivity contribution in [2.24, 2.45) is 11.5 Å². The van der Waals surface area contributed by atoms with Crippen LogP contribution in [-0.4, -0.2) is 6.04 Å². The molecule has 0 saturated heterocycles. The summed E-state index contributed by atoms with van der Waals surface area (Å²) in [6.45, 7) is 1.88. The van der Waals surface area contributed by atoms with Gasteiger partial charge in [-0.15, -0.1) is 0 Å². The van der Waals surface area contributed by atoms with Gasteiger partial charge in [-0.2, -0.15) is 13.2 Å². The van der Waals surface area contributed by atoms with Crippen molar-refractivity contribution >= 4 is 0 Å². The van der Waals surface area contributed by atoms with Gasteiger partial charge in [0.15, 0.2) is 0 Å². The minimum Gasteiger partial charge on any atom is -0.326 e. The van der Waals surface area contributed by atoms with E-state index in [1.165, 1.54) is 12.1 Å². The lowest BCUT2D eigenvalue weighted by atomic mass is 9.98. The molecule has 1 rings (SSSR count). The molecule has 2 unspecified atom stereocenters. The zero-order chi connectivity index (χ0) is 12.3. The maximum Gasteiger partial charge on any atom is 0.416 e. The number of rotatable bonds is 3. The van der Waals surface area contributed by atoms with Gasteiger partial charge in [-0.3, -0.25) is 0 Å². The van der Waals surface area contributed by atoms with Crippen molar-refractivity contribution in [3.8, 4) is 0 Å². The van der Waals surface area contributed by atoms with Gasteiger partial charge in [0.05, 0.1) is 5.56 Å². The Morgan fingerprint density at radius 3 is 2.00 bits per heavy atom. The van der Waals surface area contributed by atoms with Crippen molar-refractivity contribution in [2.75, 3.05) is 0 Å². The second kappa shape index (κ2) is 4.84. The molecule has 0 aliphatic rings. The Morgan fingerprint density at radius 1 is 1.12 bits per heavy atom. The Balaban J connectivity index is 2.87. The van der Waals surface area contributed by atoms with Gasteiger partial charge in [0.2, 0.25) is 0 Å². The predicted molar refractivity (Wildman–Crippen MR) is 56.6 cm³/mol. The standard InChI is InChI=1S/C11H15F3N2/c1-2-9(15)10(16)7-3-5-8(6-4-7)11(12,13)14/h3-6,9-10H,2,15-16H2,1H3. The van der Waals surface area contributed by atoms with Gasteiger partial charge in [-0.1, -0.05) is 19.1 Å². The minimum atomic E-state index is -4.31. The lowest BCUT2D eigenvalue weighted by Crippen LogP contribution is -2.33. The quantitative estimate of drug-likeness (QED) is 0.841. The van der Waals surface area contributed by atoms with Crippen LogP contribution in [0.1, 0.15) is 30.5 Å². The van der Waals surface area contributed by atoms with Crippen LogP contribution in [0.2, 0.25) is 0 Å². The zero-order valence-electron chi connectivity index (χ0n) is 8.96. The van der Waals surface area contributed by atoms with Crippen LogP contribution in [0.4, 0.5) is 13.2 Å². The van der Waals surface area contributed by atoms with Crippen LogP contribution in [-0.2, 0) is 6.18 Å². The highest BCUT2D eigenvalue weighted by molar-refractivity contribution is 5.27. The van der Waals surface area contributed by atoms with Gasteiger partial charge < -0.3 is 11.5 Å². The molecule has 16 heavy (non-hydrogen) atoms. The smallest absolute Gasteiger partial charge is 0.326 e. The first-order valence-corrected chi connectivity index (χ1v) is 5.04. The second-order valence-corrected chi connectivity index (χ2v) is 3.72. The predicted octanol–water partition coefficient (Wildman–Crippen LogP) is 2.44. The summed E-state index contributed by atoms with van der Waals surface area (Å²) in [5.41, 5.74) is 11.5. The van der Waals surface area contributed by atoms with Crippen molar-refractivity contribution in [3.63, 3.8) is 0 Å². The summed E-state index contributed by atoms with van der Waals surface area (Å²) in [5.74, 6) is 0. The van der Waals surface area contributed by atoms with Crippen molar-refractivity contribution in [2.45, 2.75) is 31.6 Å². The highest BCUT2D eigenvalue weighted by Crippen LogP contribution is 2.29. The third-order valence-corrected chi connectivity index (χ3v) is 2.56. The van der Waals surface area contributed by atoms with Crippen LogP contribution >= 0.6 is 0 Å². The molecule has 0 radical (unpaired) electrons. The molecule has 0 heterocycles. The van der Waals surface area contributed by atoms with E-state index in [9.17, 15) is 13.2 Å². The van der Waals surface area contributed by atoms with Crippen LogP contribution in [0, 0.1) is 0 Å². The molecule has 0 aliphatic carbocycles. The summed E-state index contributed by atoms with van der Waals surface area (Å²) in [6.07, 6.45) is -3.63. The molecule has 0 fully saturated rings. The highest BCUT2D eigenvalue weighted by atomic mass is 19.4. The molecular formula is C11H15F3N2. The molecular weight excluding hydrogens is 217 g/mol. The minimum absolute atomic E-state index is 0.239. The van der Waals surface area contributed by atoms with Crippen LogP contribution in [0.3, 0.4) is 0 Å². The average Bonchev–Trinajstić information content (AvgIpc) is 2.26. The van der Waals surface area contributed by atoms with E-state index in [0.29, 0.717) is 12.0 Å². The molecule has 0 bridgehead atoms. The molecule has 1 aromatic rings. The number of benzene rings is 1. The Labute approximate surface area is 92.4 Å². The summed E-state index contributed by atoms with van der Waals surface area (Å²) in [7, 11) is 0. The number of alkyl halides is 3. The maximum atomic E-state index is 12.3. The Bertz CT molecular complexity index is 332. The van der Waals surface area contributed by atoms with Gasteiger partial charge in [0, 0.05) is 12.1 Å². The van der Waals surface area contributed by atoms with E-state index >= 15 is 0 Å². The summed E-state index contributed by atoms with van der Waals surface area (Å²) in [4.78, 5) is 0. The first kappa shape index (κ1) is 13.0. The molecule has 0 saturated carbocycles. The first-order chi connectivity index (χ1) is 7.36. The van der Waals surface area contributed by atoms with E-state index in [1.54, 1.807) is 0 Å². The lowest BCUT2D eigenvalue weighted by molar-refractivity contribution is -0.137. The Hall–Kier alpha value is -1.07. The molecule has 4 N–H and O–H groups in total. The summed E-state index contributed by atoms with van der Waals surface area (Å²) < 4.78 is 36.9. The van der Waals surface area contributed by atoms with Gasteiger partial charge in [0.25, 0.3) is 0 Å².